The standard InChI is InChI=1S/C13H22N2O2/c1-6-15(5)13(16)11(4)14-10(3)12-8-7-9(2)17-12/h7-8,10-11,14H,6H2,1-5H3. The number of likely N-dealkylation sites (N-methyl/N-ethyl adjacent to an activating group) is 1. The molecule has 1 rings (SSSR count). The topological polar surface area (TPSA) is 45.5 Å². The fourth-order valence-electron chi connectivity index (χ4n) is 1.70. The van der Waals surface area contributed by atoms with Crippen molar-refractivity contribution in [1.29, 1.82) is 0 Å². The van der Waals surface area contributed by atoms with Crippen LogP contribution in [0.1, 0.15) is 38.3 Å². The lowest BCUT2D eigenvalue weighted by molar-refractivity contribution is -0.131. The van der Waals surface area contributed by atoms with E-state index in [1.54, 1.807) is 4.90 Å². The highest BCUT2D eigenvalue weighted by Gasteiger charge is 2.19. The summed E-state index contributed by atoms with van der Waals surface area (Å²) < 4.78 is 5.53. The zero-order valence-corrected chi connectivity index (χ0v) is 11.3. The first-order valence-electron chi connectivity index (χ1n) is 6.03. The first kappa shape index (κ1) is 13.8. The number of nitrogens with zero attached hydrogens (tertiary/aromatic N) is 1. The number of hydrogen-bond donors (Lipinski definition) is 1. The normalized spacial score (nSPS) is 14.4. The molecule has 17 heavy (non-hydrogen) atoms. The molecule has 2 atom stereocenters. The number of furan rings is 1. The van der Waals surface area contributed by atoms with Crippen molar-refractivity contribution >= 4 is 5.91 Å². The summed E-state index contributed by atoms with van der Waals surface area (Å²) in [6.45, 7) is 8.47. The van der Waals surface area contributed by atoms with Crippen molar-refractivity contribution in [2.45, 2.75) is 39.8 Å². The molecule has 0 radical (unpaired) electrons. The monoisotopic (exact) mass is 238 g/mol. The molecule has 1 aromatic heterocycles. The van der Waals surface area contributed by atoms with Crippen LogP contribution in [0.3, 0.4) is 0 Å². The van der Waals surface area contributed by atoms with Crippen molar-refractivity contribution in [1.82, 2.24) is 10.2 Å². The Kier molecular flexibility index (Phi) is 4.75. The molecule has 0 saturated heterocycles. The second-order valence-corrected chi connectivity index (χ2v) is 4.41. The molecule has 1 amide bonds. The van der Waals surface area contributed by atoms with Crippen molar-refractivity contribution in [3.63, 3.8) is 0 Å². The van der Waals surface area contributed by atoms with Gasteiger partial charge < -0.3 is 9.32 Å². The van der Waals surface area contributed by atoms with Crippen molar-refractivity contribution < 1.29 is 9.21 Å². The number of rotatable bonds is 5. The first-order valence-corrected chi connectivity index (χ1v) is 6.03. The van der Waals surface area contributed by atoms with Crippen molar-refractivity contribution in [2.24, 2.45) is 0 Å². The molecule has 2 unspecified atom stereocenters. The third kappa shape index (κ3) is 3.60. The minimum atomic E-state index is -0.208. The van der Waals surface area contributed by atoms with E-state index in [0.29, 0.717) is 0 Å². The van der Waals surface area contributed by atoms with Gasteiger partial charge in [0.15, 0.2) is 0 Å². The van der Waals surface area contributed by atoms with Crippen molar-refractivity contribution in [3.8, 4) is 0 Å². The highest BCUT2D eigenvalue weighted by Crippen LogP contribution is 2.16. The molecule has 4 nitrogen and oxygen atoms in total. The highest BCUT2D eigenvalue weighted by molar-refractivity contribution is 5.81. The summed E-state index contributed by atoms with van der Waals surface area (Å²) in [7, 11) is 1.81. The average molecular weight is 238 g/mol. The van der Waals surface area contributed by atoms with E-state index < -0.39 is 0 Å². The van der Waals surface area contributed by atoms with Crippen LogP contribution < -0.4 is 5.32 Å². The van der Waals surface area contributed by atoms with Gasteiger partial charge in [0.1, 0.15) is 11.5 Å². The molecule has 0 aromatic carbocycles. The number of carbonyl (C=O) groups is 1. The largest absolute Gasteiger partial charge is 0.465 e. The quantitative estimate of drug-likeness (QED) is 0.854. The minimum absolute atomic E-state index is 0.0351. The van der Waals surface area contributed by atoms with Crippen LogP contribution in [0.4, 0.5) is 0 Å². The van der Waals surface area contributed by atoms with Gasteiger partial charge in [-0.2, -0.15) is 0 Å². The van der Waals surface area contributed by atoms with E-state index in [1.165, 1.54) is 0 Å². The zero-order valence-electron chi connectivity index (χ0n) is 11.3. The molecular formula is C13H22N2O2. The Morgan fingerprint density at radius 2 is 2.12 bits per heavy atom. The lowest BCUT2D eigenvalue weighted by Gasteiger charge is -2.23. The fourth-order valence-corrected chi connectivity index (χ4v) is 1.70. The maximum atomic E-state index is 11.9. The molecule has 0 bridgehead atoms. The Morgan fingerprint density at radius 1 is 1.47 bits per heavy atom. The number of nitrogens with one attached hydrogen (secondary N) is 1. The number of amides is 1. The van der Waals surface area contributed by atoms with Crippen LogP contribution in [0, 0.1) is 6.92 Å². The summed E-state index contributed by atoms with van der Waals surface area (Å²) in [6, 6.07) is 3.69. The third-order valence-corrected chi connectivity index (χ3v) is 2.91. The highest BCUT2D eigenvalue weighted by atomic mass is 16.3. The predicted octanol–water partition coefficient (Wildman–Crippen LogP) is 2.11. The lowest BCUT2D eigenvalue weighted by atomic mass is 10.2. The van der Waals surface area contributed by atoms with Gasteiger partial charge in [-0.1, -0.05) is 0 Å². The Morgan fingerprint density at radius 3 is 2.59 bits per heavy atom. The molecule has 1 N–H and O–H groups in total. The number of carbonyl (C=O) groups excluding carboxylic acids is 1. The zero-order chi connectivity index (χ0) is 13.0. The van der Waals surface area contributed by atoms with E-state index in [4.69, 9.17) is 4.42 Å². The number of aryl methyl sites for hydroxylation is 1. The van der Waals surface area contributed by atoms with Gasteiger partial charge in [0, 0.05) is 13.6 Å². The molecule has 0 aliphatic carbocycles. The maximum absolute atomic E-state index is 11.9. The van der Waals surface area contributed by atoms with Gasteiger partial charge in [-0.25, -0.2) is 0 Å². The summed E-state index contributed by atoms with van der Waals surface area (Å²) in [5.41, 5.74) is 0. The fraction of sp³-hybridized carbons (Fsp3) is 0.615. The van der Waals surface area contributed by atoms with Gasteiger partial charge in [0.05, 0.1) is 12.1 Å². The molecule has 1 aromatic rings. The first-order chi connectivity index (χ1) is 7.95. The van der Waals surface area contributed by atoms with E-state index >= 15 is 0 Å². The van der Waals surface area contributed by atoms with E-state index in [1.807, 2.05) is 46.9 Å². The van der Waals surface area contributed by atoms with Crippen LogP contribution in [0.15, 0.2) is 16.5 Å². The molecule has 0 aliphatic heterocycles. The molecule has 1 heterocycles. The van der Waals surface area contributed by atoms with Crippen molar-refractivity contribution in [3.05, 3.63) is 23.7 Å². The summed E-state index contributed by atoms with van der Waals surface area (Å²) in [5.74, 6) is 1.85. The Hall–Kier alpha value is -1.29. The Bertz CT molecular complexity index is 373. The van der Waals surface area contributed by atoms with Gasteiger partial charge >= 0.3 is 0 Å². The molecule has 0 spiro atoms. The van der Waals surface area contributed by atoms with Crippen LogP contribution in [0.25, 0.3) is 0 Å². The summed E-state index contributed by atoms with van der Waals surface area (Å²) in [4.78, 5) is 13.6. The third-order valence-electron chi connectivity index (χ3n) is 2.91. The summed E-state index contributed by atoms with van der Waals surface area (Å²) >= 11 is 0. The Labute approximate surface area is 103 Å². The van der Waals surface area contributed by atoms with Gasteiger partial charge in [-0.15, -0.1) is 0 Å². The van der Waals surface area contributed by atoms with Crippen LogP contribution in [-0.2, 0) is 4.79 Å². The van der Waals surface area contributed by atoms with Gasteiger partial charge in [-0.05, 0) is 39.8 Å². The lowest BCUT2D eigenvalue weighted by Crippen LogP contribution is -2.43. The summed E-state index contributed by atoms with van der Waals surface area (Å²) in [6.07, 6.45) is 0. The van der Waals surface area contributed by atoms with Crippen LogP contribution in [-0.4, -0.2) is 30.4 Å². The Balaban J connectivity index is 2.56. The van der Waals surface area contributed by atoms with Gasteiger partial charge in [0.2, 0.25) is 5.91 Å². The minimum Gasteiger partial charge on any atom is -0.465 e. The molecule has 0 fully saturated rings. The molecular weight excluding hydrogens is 216 g/mol. The average Bonchev–Trinajstić information content (AvgIpc) is 2.73. The van der Waals surface area contributed by atoms with Crippen LogP contribution in [0.2, 0.25) is 0 Å². The second kappa shape index (κ2) is 5.87. The van der Waals surface area contributed by atoms with Crippen LogP contribution >= 0.6 is 0 Å². The van der Waals surface area contributed by atoms with E-state index in [-0.39, 0.29) is 18.0 Å². The summed E-state index contributed by atoms with van der Waals surface area (Å²) in [5, 5.41) is 3.24. The van der Waals surface area contributed by atoms with E-state index in [2.05, 4.69) is 5.32 Å². The smallest absolute Gasteiger partial charge is 0.239 e. The van der Waals surface area contributed by atoms with Gasteiger partial charge in [-0.3, -0.25) is 10.1 Å². The molecule has 4 heteroatoms. The maximum Gasteiger partial charge on any atom is 0.239 e. The number of hydrogen-bond acceptors (Lipinski definition) is 3. The van der Waals surface area contributed by atoms with Crippen molar-refractivity contribution in [2.75, 3.05) is 13.6 Å². The van der Waals surface area contributed by atoms with E-state index in [9.17, 15) is 4.79 Å². The molecule has 96 valence electrons. The molecule has 0 saturated carbocycles. The van der Waals surface area contributed by atoms with E-state index in [0.717, 1.165) is 18.1 Å². The predicted molar refractivity (Wildman–Crippen MR) is 67.8 cm³/mol. The molecule has 0 aliphatic rings. The van der Waals surface area contributed by atoms with Crippen LogP contribution in [0.5, 0.6) is 0 Å². The SMILES string of the molecule is CCN(C)C(=O)C(C)NC(C)c1ccc(C)o1. The second-order valence-electron chi connectivity index (χ2n) is 4.41. The van der Waals surface area contributed by atoms with Gasteiger partial charge in [0.25, 0.3) is 0 Å².